The lowest BCUT2D eigenvalue weighted by Crippen LogP contribution is -2.50. The standard InChI is InChI=1S/C14H17Cl2F3N2/c15-11-3-2-10(6-12(11)16)13(4-1-5-20-7-13)8-21-9-14(17,18)19/h2-3,6,20-21H,1,4-5,7-9H2. The van der Waals surface area contributed by atoms with Crippen LogP contribution < -0.4 is 10.6 Å². The fourth-order valence-corrected chi connectivity index (χ4v) is 3.03. The molecule has 1 atom stereocenters. The van der Waals surface area contributed by atoms with Gasteiger partial charge in [0.1, 0.15) is 0 Å². The predicted octanol–water partition coefficient (Wildman–Crippen LogP) is 3.77. The van der Waals surface area contributed by atoms with Gasteiger partial charge in [0.25, 0.3) is 0 Å². The fraction of sp³-hybridized carbons (Fsp3) is 0.571. The molecule has 0 radical (unpaired) electrons. The second-order valence-electron chi connectivity index (χ2n) is 5.41. The normalized spacial score (nSPS) is 23.3. The van der Waals surface area contributed by atoms with E-state index in [0.717, 1.165) is 24.9 Å². The molecule has 0 amide bonds. The zero-order valence-electron chi connectivity index (χ0n) is 11.4. The first-order valence-electron chi connectivity index (χ1n) is 6.76. The van der Waals surface area contributed by atoms with Crippen molar-refractivity contribution < 1.29 is 13.2 Å². The van der Waals surface area contributed by atoms with E-state index in [1.54, 1.807) is 12.1 Å². The molecular formula is C14H17Cl2F3N2. The lowest BCUT2D eigenvalue weighted by Gasteiger charge is -2.39. The zero-order chi connectivity index (χ0) is 15.5. The zero-order valence-corrected chi connectivity index (χ0v) is 12.9. The molecule has 0 aromatic heterocycles. The van der Waals surface area contributed by atoms with Gasteiger partial charge in [0, 0.05) is 18.5 Å². The van der Waals surface area contributed by atoms with Crippen molar-refractivity contribution in [2.75, 3.05) is 26.2 Å². The first-order valence-corrected chi connectivity index (χ1v) is 7.52. The average Bonchev–Trinajstić information content (AvgIpc) is 2.41. The number of nitrogens with one attached hydrogen (secondary N) is 2. The van der Waals surface area contributed by atoms with E-state index in [4.69, 9.17) is 23.2 Å². The summed E-state index contributed by atoms with van der Waals surface area (Å²) in [5.41, 5.74) is 0.524. The molecular weight excluding hydrogens is 324 g/mol. The molecule has 0 aliphatic carbocycles. The van der Waals surface area contributed by atoms with E-state index in [9.17, 15) is 13.2 Å². The quantitative estimate of drug-likeness (QED) is 0.871. The van der Waals surface area contributed by atoms with Crippen LogP contribution in [0.15, 0.2) is 18.2 Å². The van der Waals surface area contributed by atoms with E-state index >= 15 is 0 Å². The SMILES string of the molecule is FC(F)(F)CNCC1(c2ccc(Cl)c(Cl)c2)CCCNC1. The van der Waals surface area contributed by atoms with E-state index in [1.165, 1.54) is 0 Å². The number of piperidine rings is 1. The lowest BCUT2D eigenvalue weighted by molar-refractivity contribution is -0.125. The van der Waals surface area contributed by atoms with Gasteiger partial charge in [-0.05, 0) is 37.1 Å². The van der Waals surface area contributed by atoms with E-state index in [-0.39, 0.29) is 6.54 Å². The van der Waals surface area contributed by atoms with Crippen LogP contribution >= 0.6 is 23.2 Å². The summed E-state index contributed by atoms with van der Waals surface area (Å²) in [5.74, 6) is 0. The molecule has 1 saturated heterocycles. The highest BCUT2D eigenvalue weighted by atomic mass is 35.5. The van der Waals surface area contributed by atoms with Gasteiger partial charge in [0.05, 0.1) is 16.6 Å². The van der Waals surface area contributed by atoms with Gasteiger partial charge in [0.15, 0.2) is 0 Å². The Labute approximate surface area is 132 Å². The highest BCUT2D eigenvalue weighted by Crippen LogP contribution is 2.34. The molecule has 0 spiro atoms. The van der Waals surface area contributed by atoms with Crippen LogP contribution in [0.25, 0.3) is 0 Å². The molecule has 2 nitrogen and oxygen atoms in total. The monoisotopic (exact) mass is 340 g/mol. The maximum Gasteiger partial charge on any atom is 0.401 e. The Bertz CT molecular complexity index is 486. The van der Waals surface area contributed by atoms with Crippen molar-refractivity contribution in [2.24, 2.45) is 0 Å². The van der Waals surface area contributed by atoms with Crippen LogP contribution in [0.5, 0.6) is 0 Å². The van der Waals surface area contributed by atoms with E-state index in [0.29, 0.717) is 16.6 Å². The Balaban J connectivity index is 2.18. The summed E-state index contributed by atoms with van der Waals surface area (Å²) in [4.78, 5) is 0. The summed E-state index contributed by atoms with van der Waals surface area (Å²) < 4.78 is 37.0. The van der Waals surface area contributed by atoms with Gasteiger partial charge in [-0.25, -0.2) is 0 Å². The third kappa shape index (κ3) is 4.49. The van der Waals surface area contributed by atoms with Crippen molar-refractivity contribution in [1.82, 2.24) is 10.6 Å². The highest BCUT2D eigenvalue weighted by molar-refractivity contribution is 6.42. The number of alkyl halides is 3. The first-order chi connectivity index (χ1) is 9.82. The molecule has 1 aromatic carbocycles. The molecule has 1 fully saturated rings. The van der Waals surface area contributed by atoms with Gasteiger partial charge in [-0.3, -0.25) is 0 Å². The summed E-state index contributed by atoms with van der Waals surface area (Å²) in [7, 11) is 0. The maximum atomic E-state index is 12.3. The largest absolute Gasteiger partial charge is 0.401 e. The number of hydrogen-bond acceptors (Lipinski definition) is 2. The molecule has 2 rings (SSSR count). The minimum absolute atomic E-state index is 0.247. The van der Waals surface area contributed by atoms with Crippen LogP contribution in [0.1, 0.15) is 18.4 Å². The van der Waals surface area contributed by atoms with Crippen molar-refractivity contribution in [3.63, 3.8) is 0 Å². The molecule has 2 N–H and O–H groups in total. The smallest absolute Gasteiger partial charge is 0.316 e. The minimum atomic E-state index is -4.21. The number of hydrogen-bond donors (Lipinski definition) is 2. The Morgan fingerprint density at radius 1 is 1.24 bits per heavy atom. The third-order valence-electron chi connectivity index (χ3n) is 3.79. The van der Waals surface area contributed by atoms with Crippen molar-refractivity contribution >= 4 is 23.2 Å². The lowest BCUT2D eigenvalue weighted by atomic mass is 9.74. The van der Waals surface area contributed by atoms with Gasteiger partial charge >= 0.3 is 6.18 Å². The number of rotatable bonds is 4. The van der Waals surface area contributed by atoms with Gasteiger partial charge in [0.2, 0.25) is 0 Å². The molecule has 7 heteroatoms. The van der Waals surface area contributed by atoms with Crippen molar-refractivity contribution in [1.29, 1.82) is 0 Å². The van der Waals surface area contributed by atoms with Crippen LogP contribution in [0, 0.1) is 0 Å². The van der Waals surface area contributed by atoms with Crippen molar-refractivity contribution in [2.45, 2.75) is 24.4 Å². The van der Waals surface area contributed by atoms with Crippen LogP contribution in [-0.2, 0) is 5.41 Å². The summed E-state index contributed by atoms with van der Waals surface area (Å²) in [6.45, 7) is 0.756. The second-order valence-corrected chi connectivity index (χ2v) is 6.22. The fourth-order valence-electron chi connectivity index (χ4n) is 2.74. The summed E-state index contributed by atoms with van der Waals surface area (Å²) in [6, 6.07) is 5.29. The predicted molar refractivity (Wildman–Crippen MR) is 79.2 cm³/mol. The van der Waals surface area contributed by atoms with E-state index < -0.39 is 18.1 Å². The minimum Gasteiger partial charge on any atom is -0.316 e. The Hall–Kier alpha value is -0.490. The summed E-state index contributed by atoms with van der Waals surface area (Å²) in [6.07, 6.45) is -2.49. The van der Waals surface area contributed by atoms with Gasteiger partial charge < -0.3 is 10.6 Å². The molecule has 0 bridgehead atoms. The van der Waals surface area contributed by atoms with Gasteiger partial charge in [-0.15, -0.1) is 0 Å². The average molecular weight is 341 g/mol. The van der Waals surface area contributed by atoms with Crippen LogP contribution in [0.3, 0.4) is 0 Å². The van der Waals surface area contributed by atoms with E-state index in [2.05, 4.69) is 10.6 Å². The Morgan fingerprint density at radius 3 is 2.57 bits per heavy atom. The van der Waals surface area contributed by atoms with E-state index in [1.807, 2.05) is 6.07 Å². The van der Waals surface area contributed by atoms with Crippen molar-refractivity contribution in [3.8, 4) is 0 Å². The second kappa shape index (κ2) is 6.73. The van der Waals surface area contributed by atoms with Crippen LogP contribution in [-0.4, -0.2) is 32.4 Å². The van der Waals surface area contributed by atoms with Gasteiger partial charge in [-0.2, -0.15) is 13.2 Å². The topological polar surface area (TPSA) is 24.1 Å². The van der Waals surface area contributed by atoms with Crippen LogP contribution in [0.4, 0.5) is 13.2 Å². The third-order valence-corrected chi connectivity index (χ3v) is 4.53. The first kappa shape index (κ1) is 16.9. The molecule has 1 heterocycles. The van der Waals surface area contributed by atoms with Gasteiger partial charge in [-0.1, -0.05) is 29.3 Å². The van der Waals surface area contributed by atoms with Crippen molar-refractivity contribution in [3.05, 3.63) is 33.8 Å². The molecule has 1 aliphatic heterocycles. The molecule has 118 valence electrons. The maximum absolute atomic E-state index is 12.3. The highest BCUT2D eigenvalue weighted by Gasteiger charge is 2.35. The number of halogens is 5. The number of benzene rings is 1. The molecule has 21 heavy (non-hydrogen) atoms. The van der Waals surface area contributed by atoms with Crippen LogP contribution in [0.2, 0.25) is 10.0 Å². The molecule has 1 unspecified atom stereocenters. The molecule has 1 aliphatic rings. The molecule has 0 saturated carbocycles. The molecule has 1 aromatic rings. The Kier molecular flexibility index (Phi) is 5.41. The Morgan fingerprint density at radius 2 is 2.00 bits per heavy atom. The summed E-state index contributed by atoms with van der Waals surface area (Å²) >= 11 is 12.0. The summed E-state index contributed by atoms with van der Waals surface area (Å²) in [5, 5.41) is 6.66.